The van der Waals surface area contributed by atoms with Crippen LogP contribution in [0.4, 0.5) is 0 Å². The minimum Gasteiger partial charge on any atom is -0.488 e. The molecule has 0 saturated carbocycles. The predicted molar refractivity (Wildman–Crippen MR) is 166 cm³/mol. The van der Waals surface area contributed by atoms with Gasteiger partial charge < -0.3 is 34.5 Å². The van der Waals surface area contributed by atoms with E-state index in [4.69, 9.17) is 24.1 Å². The Labute approximate surface area is 266 Å². The first kappa shape index (κ1) is 31.8. The van der Waals surface area contributed by atoms with Crippen LogP contribution in [0.25, 0.3) is 11.1 Å². The van der Waals surface area contributed by atoms with Gasteiger partial charge in [-0.2, -0.15) is 10.5 Å². The first-order chi connectivity index (χ1) is 22.3. The molecule has 3 aromatic carbocycles. The summed E-state index contributed by atoms with van der Waals surface area (Å²) in [5, 5.41) is 41.4. The van der Waals surface area contributed by atoms with Crippen LogP contribution in [0.5, 0.6) is 23.0 Å². The highest BCUT2D eigenvalue weighted by Gasteiger charge is 2.17. The van der Waals surface area contributed by atoms with E-state index in [-0.39, 0.29) is 26.2 Å². The summed E-state index contributed by atoms with van der Waals surface area (Å²) in [4.78, 5) is 15.0. The minimum atomic E-state index is -1.08. The van der Waals surface area contributed by atoms with E-state index in [9.17, 15) is 20.4 Å². The van der Waals surface area contributed by atoms with Crippen molar-refractivity contribution in [3.8, 4) is 46.3 Å². The Hall–Kier alpha value is -5.62. The molecule has 1 atom stereocenters. The molecule has 5 rings (SSSR count). The van der Waals surface area contributed by atoms with Gasteiger partial charge in [-0.05, 0) is 47.9 Å². The topological polar surface area (TPSA) is 167 Å². The fourth-order valence-corrected chi connectivity index (χ4v) is 5.05. The van der Waals surface area contributed by atoms with Gasteiger partial charge in [0.05, 0.1) is 23.7 Å². The van der Waals surface area contributed by atoms with Crippen LogP contribution in [0, 0.1) is 29.6 Å². The normalized spacial score (nSPS) is 12.4. The molecule has 1 aliphatic rings. The first-order valence-corrected chi connectivity index (χ1v) is 14.6. The summed E-state index contributed by atoms with van der Waals surface area (Å²) in [5.74, 6) is 1.26. The van der Waals surface area contributed by atoms with Crippen LogP contribution in [0.3, 0.4) is 0 Å². The fourth-order valence-electron chi connectivity index (χ4n) is 5.05. The van der Waals surface area contributed by atoms with Gasteiger partial charge in [-0.25, -0.2) is 0 Å². The number of nitriles is 2. The van der Waals surface area contributed by atoms with Crippen molar-refractivity contribution < 1.29 is 34.0 Å². The van der Waals surface area contributed by atoms with E-state index < -0.39 is 12.1 Å². The van der Waals surface area contributed by atoms with E-state index in [0.29, 0.717) is 65.0 Å². The lowest BCUT2D eigenvalue weighted by atomic mass is 9.96. The SMILES string of the molecule is Cc1cc(CNC[C@@H](O)CC(=O)O)c(OCc2cncc(C#N)c2)cc1OCc1cccc(-c2ccc3c(c2)OCCO3)c1C#N. The largest absolute Gasteiger partial charge is 0.488 e. The number of aryl methyl sites for hydroxylation is 1. The average molecular weight is 621 g/mol. The number of aliphatic hydroxyl groups excluding tert-OH is 1. The number of hydrogen-bond acceptors (Lipinski definition) is 10. The number of carboxylic acids is 1. The van der Waals surface area contributed by atoms with Gasteiger partial charge in [-0.3, -0.25) is 9.78 Å². The third-order valence-electron chi connectivity index (χ3n) is 7.28. The molecule has 1 aromatic heterocycles. The first-order valence-electron chi connectivity index (χ1n) is 14.6. The van der Waals surface area contributed by atoms with Crippen LogP contribution in [0.2, 0.25) is 0 Å². The Morgan fingerprint density at radius 2 is 1.78 bits per heavy atom. The maximum atomic E-state index is 10.9. The molecule has 4 aromatic rings. The lowest BCUT2D eigenvalue weighted by Gasteiger charge is -2.20. The summed E-state index contributed by atoms with van der Waals surface area (Å²) in [6, 6.07) is 21.0. The molecule has 0 radical (unpaired) electrons. The quantitative estimate of drug-likeness (QED) is 0.190. The molecule has 0 saturated heterocycles. The molecule has 0 fully saturated rings. The summed E-state index contributed by atoms with van der Waals surface area (Å²) in [7, 11) is 0. The third-order valence-corrected chi connectivity index (χ3v) is 7.28. The van der Waals surface area contributed by atoms with E-state index in [2.05, 4.69) is 22.4 Å². The second-order valence-corrected chi connectivity index (χ2v) is 10.7. The summed E-state index contributed by atoms with van der Waals surface area (Å²) >= 11 is 0. The number of carboxylic acid groups (broad SMARTS) is 1. The van der Waals surface area contributed by atoms with Gasteiger partial charge in [0.2, 0.25) is 0 Å². The van der Waals surface area contributed by atoms with Gasteiger partial charge in [-0.15, -0.1) is 0 Å². The van der Waals surface area contributed by atoms with Crippen molar-refractivity contribution in [2.75, 3.05) is 19.8 Å². The van der Waals surface area contributed by atoms with Gasteiger partial charge in [0.15, 0.2) is 11.5 Å². The Kier molecular flexibility index (Phi) is 10.3. The summed E-state index contributed by atoms with van der Waals surface area (Å²) in [6.07, 6.45) is 1.67. The predicted octanol–water partition coefficient (Wildman–Crippen LogP) is 4.65. The molecule has 1 aliphatic heterocycles. The van der Waals surface area contributed by atoms with Crippen molar-refractivity contribution in [3.05, 3.63) is 100 Å². The number of nitrogens with one attached hydrogen (secondary N) is 1. The second-order valence-electron chi connectivity index (χ2n) is 10.7. The number of benzene rings is 3. The van der Waals surface area contributed by atoms with E-state index in [1.807, 2.05) is 49.4 Å². The molecule has 0 amide bonds. The van der Waals surface area contributed by atoms with Crippen molar-refractivity contribution in [2.24, 2.45) is 0 Å². The van der Waals surface area contributed by atoms with Crippen LogP contribution < -0.4 is 24.3 Å². The number of fused-ring (bicyclic) bond motifs is 1. The van der Waals surface area contributed by atoms with Crippen LogP contribution in [-0.2, 0) is 24.6 Å². The number of aliphatic hydroxyl groups is 1. The molecule has 234 valence electrons. The van der Waals surface area contributed by atoms with E-state index in [0.717, 1.165) is 22.3 Å². The van der Waals surface area contributed by atoms with Crippen LogP contribution in [-0.4, -0.2) is 47.0 Å². The molecule has 46 heavy (non-hydrogen) atoms. The molecule has 0 spiro atoms. The fraction of sp³-hybridized carbons (Fsp3) is 0.257. The van der Waals surface area contributed by atoms with Crippen molar-refractivity contribution >= 4 is 5.97 Å². The molecular formula is C35H32N4O7. The van der Waals surface area contributed by atoms with Crippen LogP contribution in [0.1, 0.15) is 39.8 Å². The third kappa shape index (κ3) is 7.90. The maximum Gasteiger partial charge on any atom is 0.306 e. The number of nitrogens with zero attached hydrogens (tertiary/aromatic N) is 3. The highest BCUT2D eigenvalue weighted by molar-refractivity contribution is 5.74. The van der Waals surface area contributed by atoms with Crippen LogP contribution in [0.15, 0.2) is 67.0 Å². The number of hydrogen-bond donors (Lipinski definition) is 3. The molecule has 0 aliphatic carbocycles. The average Bonchev–Trinajstić information content (AvgIpc) is 3.06. The summed E-state index contributed by atoms with van der Waals surface area (Å²) < 4.78 is 23.8. The van der Waals surface area contributed by atoms with Crippen molar-refractivity contribution in [2.45, 2.75) is 39.2 Å². The number of aromatic nitrogens is 1. The lowest BCUT2D eigenvalue weighted by Crippen LogP contribution is -2.28. The Morgan fingerprint density at radius 1 is 0.978 bits per heavy atom. The Balaban J connectivity index is 1.37. The van der Waals surface area contributed by atoms with Crippen molar-refractivity contribution in [3.63, 3.8) is 0 Å². The smallest absolute Gasteiger partial charge is 0.306 e. The number of ether oxygens (including phenoxy) is 4. The monoisotopic (exact) mass is 620 g/mol. The van der Waals surface area contributed by atoms with Crippen molar-refractivity contribution in [1.29, 1.82) is 10.5 Å². The molecule has 3 N–H and O–H groups in total. The zero-order chi connectivity index (χ0) is 32.5. The van der Waals surface area contributed by atoms with Gasteiger partial charge in [0, 0.05) is 48.2 Å². The molecule has 0 unspecified atom stereocenters. The van der Waals surface area contributed by atoms with Gasteiger partial charge >= 0.3 is 5.97 Å². The van der Waals surface area contributed by atoms with E-state index in [1.165, 1.54) is 6.20 Å². The minimum absolute atomic E-state index is 0.0772. The molecule has 11 nitrogen and oxygen atoms in total. The standard InChI is InChI=1S/C35H32N4O7/c1-22-9-27(18-39-19-28(40)12-35(41)42)33(45-20-24-10-23(14-36)16-38-17-24)13-32(22)46-21-26-3-2-4-29(30(26)15-37)25-5-6-31-34(11-25)44-8-7-43-31/h2-6,9-11,13,16-17,28,39-40H,7-8,12,18-21H2,1H3,(H,41,42)/t28-/m0/s1. The molecular weight excluding hydrogens is 588 g/mol. The number of carbonyl (C=O) groups is 1. The van der Waals surface area contributed by atoms with E-state index >= 15 is 0 Å². The molecule has 2 heterocycles. The Bertz CT molecular complexity index is 1810. The summed E-state index contributed by atoms with van der Waals surface area (Å²) in [6.45, 7) is 3.47. The number of pyridine rings is 1. The zero-order valence-electron chi connectivity index (χ0n) is 25.2. The highest BCUT2D eigenvalue weighted by Crippen LogP contribution is 2.37. The summed E-state index contributed by atoms with van der Waals surface area (Å²) in [5.41, 5.74) is 5.45. The highest BCUT2D eigenvalue weighted by atomic mass is 16.6. The molecule has 0 bridgehead atoms. The molecule has 11 heteroatoms. The van der Waals surface area contributed by atoms with Crippen molar-refractivity contribution in [1.82, 2.24) is 10.3 Å². The van der Waals surface area contributed by atoms with Gasteiger partial charge in [0.1, 0.15) is 50.1 Å². The lowest BCUT2D eigenvalue weighted by molar-refractivity contribution is -0.139. The number of rotatable bonds is 13. The van der Waals surface area contributed by atoms with E-state index in [1.54, 1.807) is 18.3 Å². The Morgan fingerprint density at radius 3 is 2.57 bits per heavy atom. The second kappa shape index (κ2) is 14.9. The van der Waals surface area contributed by atoms with Gasteiger partial charge in [-0.1, -0.05) is 24.3 Å². The van der Waals surface area contributed by atoms with Crippen LogP contribution >= 0.6 is 0 Å². The zero-order valence-corrected chi connectivity index (χ0v) is 25.2. The maximum absolute atomic E-state index is 10.9. The number of aliphatic carboxylic acids is 1. The van der Waals surface area contributed by atoms with Gasteiger partial charge in [0.25, 0.3) is 0 Å².